The van der Waals surface area contributed by atoms with Crippen molar-refractivity contribution in [2.24, 2.45) is 0 Å². The third-order valence-corrected chi connectivity index (χ3v) is 3.73. The lowest BCUT2D eigenvalue weighted by molar-refractivity contribution is -0.139. The van der Waals surface area contributed by atoms with E-state index in [2.05, 4.69) is 21.2 Å². The highest BCUT2D eigenvalue weighted by Gasteiger charge is 2.38. The first kappa shape index (κ1) is 15.7. The summed E-state index contributed by atoms with van der Waals surface area (Å²) < 4.78 is 7.13. The van der Waals surface area contributed by atoms with E-state index in [1.807, 2.05) is 0 Å². The molecule has 114 valence electrons. The molecule has 1 saturated heterocycles. The zero-order valence-electron chi connectivity index (χ0n) is 11.2. The Balaban J connectivity index is 2.07. The van der Waals surface area contributed by atoms with Crippen LogP contribution >= 0.6 is 15.9 Å². The lowest BCUT2D eigenvalue weighted by Gasteiger charge is -2.27. The molecular weight excluding hydrogens is 344 g/mol. The molecule has 2 N–H and O–H groups in total. The predicted octanol–water partition coefficient (Wildman–Crippen LogP) is 0.361. The highest BCUT2D eigenvalue weighted by molar-refractivity contribution is 9.10. The lowest BCUT2D eigenvalue weighted by Crippen LogP contribution is -2.51. The second-order valence-electron chi connectivity index (χ2n) is 5.02. The summed E-state index contributed by atoms with van der Waals surface area (Å²) >= 11 is 3.23. The summed E-state index contributed by atoms with van der Waals surface area (Å²) in [5, 5.41) is 11.7. The van der Waals surface area contributed by atoms with Crippen molar-refractivity contribution in [3.63, 3.8) is 0 Å². The van der Waals surface area contributed by atoms with E-state index in [1.54, 1.807) is 6.07 Å². The van der Waals surface area contributed by atoms with Gasteiger partial charge in [-0.05, 0) is 28.4 Å². The largest absolute Gasteiger partial charge is 0.481 e. The number of pyridine rings is 1. The average Bonchev–Trinajstić information content (AvgIpc) is 2.80. The Morgan fingerprint density at radius 1 is 1.48 bits per heavy atom. The van der Waals surface area contributed by atoms with Crippen LogP contribution in [0.25, 0.3) is 0 Å². The maximum absolute atomic E-state index is 12.1. The van der Waals surface area contributed by atoms with E-state index in [9.17, 15) is 14.4 Å². The van der Waals surface area contributed by atoms with E-state index in [0.717, 1.165) is 0 Å². The molecule has 7 nitrogen and oxygen atoms in total. The number of nitrogens with one attached hydrogen (secondary N) is 1. The van der Waals surface area contributed by atoms with Crippen LogP contribution in [0.3, 0.4) is 0 Å². The molecule has 0 saturated carbocycles. The summed E-state index contributed by atoms with van der Waals surface area (Å²) in [5.74, 6) is -1.41. The number of ether oxygens (including phenoxy) is 1. The van der Waals surface area contributed by atoms with Gasteiger partial charge in [0.1, 0.15) is 6.54 Å². The van der Waals surface area contributed by atoms with Crippen LogP contribution in [0.15, 0.2) is 27.6 Å². The van der Waals surface area contributed by atoms with Crippen molar-refractivity contribution in [3.05, 3.63) is 33.2 Å². The molecule has 8 heteroatoms. The fourth-order valence-corrected chi connectivity index (χ4v) is 2.67. The molecule has 1 aromatic heterocycles. The third kappa shape index (κ3) is 4.15. The molecular formula is C13H15BrN2O5. The Labute approximate surface area is 129 Å². The zero-order chi connectivity index (χ0) is 15.5. The van der Waals surface area contributed by atoms with E-state index < -0.39 is 17.4 Å². The highest BCUT2D eigenvalue weighted by atomic mass is 79.9. The number of aromatic nitrogens is 1. The van der Waals surface area contributed by atoms with Gasteiger partial charge < -0.3 is 19.7 Å². The van der Waals surface area contributed by atoms with Crippen molar-refractivity contribution < 1.29 is 19.4 Å². The van der Waals surface area contributed by atoms with Crippen molar-refractivity contribution in [2.45, 2.75) is 24.9 Å². The van der Waals surface area contributed by atoms with Gasteiger partial charge in [0.2, 0.25) is 5.91 Å². The Morgan fingerprint density at radius 3 is 2.86 bits per heavy atom. The zero-order valence-corrected chi connectivity index (χ0v) is 12.8. The predicted molar refractivity (Wildman–Crippen MR) is 77.0 cm³/mol. The van der Waals surface area contributed by atoms with Gasteiger partial charge >= 0.3 is 5.97 Å². The van der Waals surface area contributed by atoms with Crippen molar-refractivity contribution in [1.29, 1.82) is 0 Å². The van der Waals surface area contributed by atoms with Gasteiger partial charge in [0.05, 0.1) is 18.6 Å². The minimum Gasteiger partial charge on any atom is -0.481 e. The van der Waals surface area contributed by atoms with Gasteiger partial charge in [0.15, 0.2) is 0 Å². The van der Waals surface area contributed by atoms with Crippen LogP contribution in [0.2, 0.25) is 0 Å². The number of carboxylic acid groups (broad SMARTS) is 1. The van der Waals surface area contributed by atoms with E-state index in [4.69, 9.17) is 9.84 Å². The molecule has 1 aliphatic rings. The summed E-state index contributed by atoms with van der Waals surface area (Å²) in [5.41, 5.74) is -1.19. The summed E-state index contributed by atoms with van der Waals surface area (Å²) in [6.45, 7) is 0.405. The van der Waals surface area contributed by atoms with Crippen molar-refractivity contribution in [1.82, 2.24) is 9.88 Å². The smallest absolute Gasteiger partial charge is 0.305 e. The molecule has 21 heavy (non-hydrogen) atoms. The number of hydrogen-bond acceptors (Lipinski definition) is 4. The lowest BCUT2D eigenvalue weighted by atomic mass is 9.94. The molecule has 0 spiro atoms. The first-order chi connectivity index (χ1) is 9.90. The number of carboxylic acids is 1. The van der Waals surface area contributed by atoms with Gasteiger partial charge in [-0.1, -0.05) is 0 Å². The van der Waals surface area contributed by atoms with Crippen molar-refractivity contribution in [3.8, 4) is 0 Å². The summed E-state index contributed by atoms with van der Waals surface area (Å²) in [7, 11) is 0. The molecule has 1 amide bonds. The average molecular weight is 359 g/mol. The number of nitrogens with zero attached hydrogens (tertiary/aromatic N) is 1. The number of carbonyl (C=O) groups is 2. The van der Waals surface area contributed by atoms with Crippen LogP contribution in [0.5, 0.6) is 0 Å². The first-order valence-corrected chi connectivity index (χ1v) is 7.16. The van der Waals surface area contributed by atoms with E-state index in [0.29, 0.717) is 17.5 Å². The third-order valence-electron chi connectivity index (χ3n) is 3.26. The number of amides is 1. The molecule has 1 aliphatic heterocycles. The normalized spacial score (nSPS) is 21.2. The maximum Gasteiger partial charge on any atom is 0.305 e. The fraction of sp³-hybridized carbons (Fsp3) is 0.462. The Bertz CT molecular complexity index is 607. The molecule has 0 aliphatic carbocycles. The molecule has 0 bridgehead atoms. The second-order valence-corrected chi connectivity index (χ2v) is 5.93. The number of halogens is 1. The number of aliphatic carboxylic acids is 1. The summed E-state index contributed by atoms with van der Waals surface area (Å²) in [6, 6.07) is 2.94. The molecule has 1 aromatic rings. The van der Waals surface area contributed by atoms with Crippen molar-refractivity contribution >= 4 is 27.8 Å². The highest BCUT2D eigenvalue weighted by Crippen LogP contribution is 2.22. The van der Waals surface area contributed by atoms with Gasteiger partial charge in [-0.2, -0.15) is 0 Å². The van der Waals surface area contributed by atoms with E-state index in [-0.39, 0.29) is 25.1 Å². The fourth-order valence-electron chi connectivity index (χ4n) is 2.29. The Hall–Kier alpha value is -1.67. The molecule has 0 aromatic carbocycles. The van der Waals surface area contributed by atoms with Gasteiger partial charge in [0.25, 0.3) is 5.56 Å². The topological polar surface area (TPSA) is 97.6 Å². The van der Waals surface area contributed by atoms with E-state index in [1.165, 1.54) is 16.8 Å². The van der Waals surface area contributed by atoms with Gasteiger partial charge in [-0.25, -0.2) is 0 Å². The first-order valence-electron chi connectivity index (χ1n) is 6.37. The summed E-state index contributed by atoms with van der Waals surface area (Å²) in [4.78, 5) is 34.7. The minimum atomic E-state index is -1.000. The standard InChI is InChI=1S/C13H15BrN2O5/c14-9-1-2-11(18)16(6-9)7-10(17)15-13(5-12(19)20)3-4-21-8-13/h1-2,6H,3-5,7-8H2,(H,15,17)(H,19,20). The molecule has 1 fully saturated rings. The van der Waals surface area contributed by atoms with Crippen LogP contribution in [-0.2, 0) is 20.9 Å². The Kier molecular flexibility index (Phi) is 4.79. The molecule has 1 atom stereocenters. The molecule has 2 heterocycles. The SMILES string of the molecule is O=C(O)CC1(NC(=O)Cn2cc(Br)ccc2=O)CCOC1. The molecule has 1 unspecified atom stereocenters. The monoisotopic (exact) mass is 358 g/mol. The number of rotatable bonds is 5. The van der Waals surface area contributed by atoms with Crippen molar-refractivity contribution in [2.75, 3.05) is 13.2 Å². The van der Waals surface area contributed by atoms with Crippen LogP contribution in [-0.4, -0.2) is 40.3 Å². The van der Waals surface area contributed by atoms with Gasteiger partial charge in [-0.15, -0.1) is 0 Å². The van der Waals surface area contributed by atoms with Gasteiger partial charge in [-0.3, -0.25) is 14.4 Å². The molecule has 2 rings (SSSR count). The van der Waals surface area contributed by atoms with Crippen LogP contribution in [0.1, 0.15) is 12.8 Å². The Morgan fingerprint density at radius 2 is 2.24 bits per heavy atom. The molecule has 0 radical (unpaired) electrons. The van der Waals surface area contributed by atoms with Crippen LogP contribution < -0.4 is 10.9 Å². The van der Waals surface area contributed by atoms with Crippen LogP contribution in [0, 0.1) is 0 Å². The number of carbonyl (C=O) groups excluding carboxylic acids is 1. The minimum absolute atomic E-state index is 0.165. The maximum atomic E-state index is 12.1. The second kappa shape index (κ2) is 6.40. The van der Waals surface area contributed by atoms with Gasteiger partial charge in [0, 0.05) is 23.3 Å². The quantitative estimate of drug-likeness (QED) is 0.791. The van der Waals surface area contributed by atoms with Crippen LogP contribution in [0.4, 0.5) is 0 Å². The summed E-state index contributed by atoms with van der Waals surface area (Å²) in [6.07, 6.45) is 1.75. The number of hydrogen-bond donors (Lipinski definition) is 2. The van der Waals surface area contributed by atoms with E-state index >= 15 is 0 Å².